The van der Waals surface area contributed by atoms with E-state index in [4.69, 9.17) is 32.9 Å². The number of aromatic nitrogens is 1. The van der Waals surface area contributed by atoms with Crippen molar-refractivity contribution in [2.75, 3.05) is 50.0 Å². The largest absolute Gasteiger partial charge is 0.379 e. The minimum Gasteiger partial charge on any atom is -0.379 e. The number of anilines is 1. The topological polar surface area (TPSA) is 45.7 Å². The molecule has 0 aliphatic carbocycles. The molecule has 0 spiro atoms. The number of amides is 1. The van der Waals surface area contributed by atoms with Gasteiger partial charge in [-0.2, -0.15) is 0 Å². The average molecular weight is 482 g/mol. The van der Waals surface area contributed by atoms with Gasteiger partial charge in [-0.3, -0.25) is 14.6 Å². The molecule has 1 fully saturated rings. The van der Waals surface area contributed by atoms with Gasteiger partial charge in [-0.25, -0.2) is 4.98 Å². The minimum atomic E-state index is 0.0355. The lowest BCUT2D eigenvalue weighted by molar-refractivity contribution is -0.116. The van der Waals surface area contributed by atoms with E-state index in [1.54, 1.807) is 4.90 Å². The van der Waals surface area contributed by atoms with E-state index < -0.39 is 0 Å². The van der Waals surface area contributed by atoms with Crippen LogP contribution >= 0.6 is 46.3 Å². The first-order valence-electron chi connectivity index (χ1n) is 9.63. The van der Waals surface area contributed by atoms with Crippen molar-refractivity contribution in [3.8, 4) is 0 Å². The van der Waals surface area contributed by atoms with Crippen LogP contribution in [0.3, 0.4) is 0 Å². The lowest BCUT2D eigenvalue weighted by Gasteiger charge is -2.29. The molecule has 2 aromatic carbocycles. The van der Waals surface area contributed by atoms with Gasteiger partial charge in [0, 0.05) is 41.1 Å². The van der Waals surface area contributed by atoms with Crippen molar-refractivity contribution in [1.82, 2.24) is 9.88 Å². The molecule has 1 amide bonds. The van der Waals surface area contributed by atoms with Crippen LogP contribution in [0, 0.1) is 0 Å². The van der Waals surface area contributed by atoms with Crippen LogP contribution in [0.25, 0.3) is 10.2 Å². The molecule has 30 heavy (non-hydrogen) atoms. The quantitative estimate of drug-likeness (QED) is 0.441. The number of carbonyl (C=O) groups excluding carboxylic acids is 1. The highest BCUT2D eigenvalue weighted by atomic mass is 35.5. The van der Waals surface area contributed by atoms with Crippen LogP contribution in [-0.4, -0.2) is 60.9 Å². The molecule has 1 aliphatic rings. The van der Waals surface area contributed by atoms with Gasteiger partial charge in [-0.1, -0.05) is 34.5 Å². The Labute approximate surface area is 193 Å². The van der Waals surface area contributed by atoms with Crippen molar-refractivity contribution in [2.45, 2.75) is 4.90 Å². The number of halogens is 2. The van der Waals surface area contributed by atoms with Crippen LogP contribution in [0.4, 0.5) is 5.13 Å². The van der Waals surface area contributed by atoms with Crippen molar-refractivity contribution < 1.29 is 9.53 Å². The fourth-order valence-corrected chi connectivity index (χ4v) is 5.33. The van der Waals surface area contributed by atoms with Crippen molar-refractivity contribution >= 4 is 67.6 Å². The van der Waals surface area contributed by atoms with Crippen LogP contribution in [0.1, 0.15) is 0 Å². The smallest absolute Gasteiger partial charge is 0.239 e. The molecule has 0 radical (unpaired) electrons. The lowest BCUT2D eigenvalue weighted by Crippen LogP contribution is -2.43. The maximum atomic E-state index is 13.2. The fraction of sp³-hybridized carbons (Fsp3) is 0.333. The Balaban J connectivity index is 1.50. The van der Waals surface area contributed by atoms with Crippen molar-refractivity contribution in [1.29, 1.82) is 0 Å². The zero-order valence-electron chi connectivity index (χ0n) is 16.2. The second-order valence-electron chi connectivity index (χ2n) is 6.85. The summed E-state index contributed by atoms with van der Waals surface area (Å²) in [5, 5.41) is 2.07. The van der Waals surface area contributed by atoms with E-state index >= 15 is 0 Å². The Morgan fingerprint density at radius 2 is 1.87 bits per heavy atom. The molecule has 3 aromatic rings. The first-order valence-corrected chi connectivity index (χ1v) is 12.2. The number of hydrogen-bond donors (Lipinski definition) is 0. The van der Waals surface area contributed by atoms with Gasteiger partial charge in [0.25, 0.3) is 0 Å². The van der Waals surface area contributed by atoms with Gasteiger partial charge in [-0.15, -0.1) is 11.8 Å². The van der Waals surface area contributed by atoms with Gasteiger partial charge in [0.2, 0.25) is 5.91 Å². The summed E-state index contributed by atoms with van der Waals surface area (Å²) >= 11 is 15.1. The summed E-state index contributed by atoms with van der Waals surface area (Å²) in [6.45, 7) is 4.62. The lowest BCUT2D eigenvalue weighted by atomic mass is 10.3. The molecule has 5 nitrogen and oxygen atoms in total. The number of thiazole rings is 1. The third-order valence-corrected chi connectivity index (χ3v) is 7.32. The highest BCUT2D eigenvalue weighted by Gasteiger charge is 2.22. The number of nitrogens with zero attached hydrogens (tertiary/aromatic N) is 3. The molecule has 1 aromatic heterocycles. The third-order valence-electron chi connectivity index (χ3n) is 4.79. The number of rotatable bonds is 7. The summed E-state index contributed by atoms with van der Waals surface area (Å²) in [7, 11) is 0. The Morgan fingerprint density at radius 1 is 1.13 bits per heavy atom. The summed E-state index contributed by atoms with van der Waals surface area (Å²) in [6.07, 6.45) is 0. The predicted molar refractivity (Wildman–Crippen MR) is 126 cm³/mol. The Bertz CT molecular complexity index is 1010. The highest BCUT2D eigenvalue weighted by molar-refractivity contribution is 8.00. The Hall–Kier alpha value is -1.35. The molecule has 1 saturated heterocycles. The normalized spacial score (nSPS) is 14.9. The van der Waals surface area contributed by atoms with Gasteiger partial charge in [0.15, 0.2) is 5.13 Å². The van der Waals surface area contributed by atoms with Crippen LogP contribution in [-0.2, 0) is 9.53 Å². The molecule has 9 heteroatoms. The monoisotopic (exact) mass is 481 g/mol. The summed E-state index contributed by atoms with van der Waals surface area (Å²) in [5.74, 6) is 0.370. The zero-order valence-corrected chi connectivity index (χ0v) is 19.4. The second kappa shape index (κ2) is 10.3. The molecular weight excluding hydrogens is 461 g/mol. The van der Waals surface area contributed by atoms with E-state index in [2.05, 4.69) is 4.90 Å². The Morgan fingerprint density at radius 3 is 2.63 bits per heavy atom. The summed E-state index contributed by atoms with van der Waals surface area (Å²) in [6, 6.07) is 13.1. The number of hydrogen-bond acceptors (Lipinski definition) is 6. The summed E-state index contributed by atoms with van der Waals surface area (Å²) in [5.41, 5.74) is 0.855. The number of ether oxygens (including phenoxy) is 1. The van der Waals surface area contributed by atoms with Crippen LogP contribution in [0.15, 0.2) is 47.4 Å². The van der Waals surface area contributed by atoms with Gasteiger partial charge < -0.3 is 4.74 Å². The maximum absolute atomic E-state index is 13.2. The first kappa shape index (κ1) is 21.9. The molecule has 158 valence electrons. The third kappa shape index (κ3) is 5.66. The predicted octanol–water partition coefficient (Wildman–Crippen LogP) is 5.06. The molecule has 0 N–H and O–H groups in total. The number of morpholine rings is 1. The summed E-state index contributed by atoms with van der Waals surface area (Å²) in [4.78, 5) is 23.0. The second-order valence-corrected chi connectivity index (χ2v) is 9.78. The average Bonchev–Trinajstić information content (AvgIpc) is 3.17. The molecule has 0 saturated carbocycles. The fourth-order valence-electron chi connectivity index (χ4n) is 3.15. The van der Waals surface area contributed by atoms with Crippen LogP contribution < -0.4 is 4.90 Å². The van der Waals surface area contributed by atoms with E-state index in [0.29, 0.717) is 27.5 Å². The van der Waals surface area contributed by atoms with E-state index in [-0.39, 0.29) is 5.91 Å². The van der Waals surface area contributed by atoms with E-state index in [0.717, 1.165) is 48.0 Å². The number of benzene rings is 2. The Kier molecular flexibility index (Phi) is 7.51. The zero-order chi connectivity index (χ0) is 20.9. The number of thioether (sulfide) groups is 1. The van der Waals surface area contributed by atoms with E-state index in [1.165, 1.54) is 23.1 Å². The molecule has 0 unspecified atom stereocenters. The standard InChI is InChI=1S/C21H21Cl2N3O2S2/c22-15-1-4-17(5-2-15)29-14-20(27)26(8-7-25-9-11-28-12-10-25)21-24-18-6-3-16(23)13-19(18)30-21/h1-6,13H,7-12,14H2. The minimum absolute atomic E-state index is 0.0355. The molecule has 2 heterocycles. The van der Waals surface area contributed by atoms with Crippen molar-refractivity contribution in [3.05, 3.63) is 52.5 Å². The number of fused-ring (bicyclic) bond motifs is 1. The highest BCUT2D eigenvalue weighted by Crippen LogP contribution is 2.31. The first-order chi connectivity index (χ1) is 14.6. The molecule has 0 bridgehead atoms. The van der Waals surface area contributed by atoms with Crippen LogP contribution in [0.5, 0.6) is 0 Å². The number of carbonyl (C=O) groups is 1. The molecule has 4 rings (SSSR count). The van der Waals surface area contributed by atoms with Gasteiger partial charge >= 0.3 is 0 Å². The van der Waals surface area contributed by atoms with Gasteiger partial charge in [-0.05, 0) is 42.5 Å². The van der Waals surface area contributed by atoms with Crippen LogP contribution in [0.2, 0.25) is 10.0 Å². The van der Waals surface area contributed by atoms with Gasteiger partial charge in [0.1, 0.15) is 0 Å². The van der Waals surface area contributed by atoms with E-state index in [9.17, 15) is 4.79 Å². The SMILES string of the molecule is O=C(CSc1ccc(Cl)cc1)N(CCN1CCOCC1)c1nc2ccc(Cl)cc2s1. The summed E-state index contributed by atoms with van der Waals surface area (Å²) < 4.78 is 6.41. The molecular formula is C21H21Cl2N3O2S2. The van der Waals surface area contributed by atoms with Gasteiger partial charge in [0.05, 0.1) is 29.2 Å². The van der Waals surface area contributed by atoms with E-state index in [1.807, 2.05) is 42.5 Å². The molecule has 1 aliphatic heterocycles. The van der Waals surface area contributed by atoms with Crippen molar-refractivity contribution in [2.24, 2.45) is 0 Å². The maximum Gasteiger partial charge on any atom is 0.239 e. The van der Waals surface area contributed by atoms with Crippen molar-refractivity contribution in [3.63, 3.8) is 0 Å². The molecule has 0 atom stereocenters.